The highest BCUT2D eigenvalue weighted by atomic mass is 32.1. The van der Waals surface area contributed by atoms with E-state index in [0.717, 1.165) is 29.7 Å². The van der Waals surface area contributed by atoms with E-state index in [0.29, 0.717) is 24.1 Å². The minimum atomic E-state index is 0.417. The minimum Gasteiger partial charge on any atom is -0.359 e. The highest BCUT2D eigenvalue weighted by molar-refractivity contribution is 7.80. The number of hydrazone groups is 1. The van der Waals surface area contributed by atoms with Gasteiger partial charge in [0, 0.05) is 23.4 Å². The molecule has 0 amide bonds. The summed E-state index contributed by atoms with van der Waals surface area (Å²) in [5.74, 6) is 0. The maximum atomic E-state index is 8.81. The lowest BCUT2D eigenvalue weighted by Gasteiger charge is -2.23. The molecule has 27 heavy (non-hydrogen) atoms. The lowest BCUT2D eigenvalue weighted by molar-refractivity contribution is 0.412. The molecular weight excluding hydrogens is 356 g/mol. The second-order valence-electron chi connectivity index (χ2n) is 6.65. The van der Waals surface area contributed by atoms with Crippen molar-refractivity contribution in [3.05, 3.63) is 42.1 Å². The van der Waals surface area contributed by atoms with Crippen molar-refractivity contribution >= 4 is 23.5 Å². The van der Waals surface area contributed by atoms with Crippen molar-refractivity contribution in [2.75, 3.05) is 0 Å². The number of aromatic nitrogens is 2. The van der Waals surface area contributed by atoms with E-state index >= 15 is 0 Å². The summed E-state index contributed by atoms with van der Waals surface area (Å²) >= 11 is 5.35. The number of nitriles is 1. The Morgan fingerprint density at radius 1 is 1.30 bits per heavy atom. The number of nitrogens with one attached hydrogen (secondary N) is 2. The Hall–Kier alpha value is -2.72. The number of thiocarbonyl (C=S) groups is 1. The summed E-state index contributed by atoms with van der Waals surface area (Å²) < 4.78 is 1.78. The molecule has 0 unspecified atom stereocenters. The summed E-state index contributed by atoms with van der Waals surface area (Å²) in [7, 11) is 0. The van der Waals surface area contributed by atoms with Crippen LogP contribution in [0.1, 0.15) is 44.1 Å². The first-order valence-corrected chi connectivity index (χ1v) is 9.76. The van der Waals surface area contributed by atoms with Gasteiger partial charge in [-0.15, -0.1) is 0 Å². The maximum Gasteiger partial charge on any atom is 0.187 e. The number of hydrogen-bond acceptors (Lipinski definition) is 4. The van der Waals surface area contributed by atoms with Crippen LogP contribution in [0.3, 0.4) is 0 Å². The van der Waals surface area contributed by atoms with Gasteiger partial charge in [0.2, 0.25) is 0 Å². The molecule has 0 atom stereocenters. The van der Waals surface area contributed by atoms with Gasteiger partial charge < -0.3 is 5.32 Å². The van der Waals surface area contributed by atoms with E-state index < -0.39 is 0 Å². The lowest BCUT2D eigenvalue weighted by atomic mass is 9.96. The Kier molecular flexibility index (Phi) is 6.94. The van der Waals surface area contributed by atoms with Gasteiger partial charge in [-0.05, 0) is 25.1 Å². The van der Waals surface area contributed by atoms with Crippen molar-refractivity contribution < 1.29 is 0 Å². The van der Waals surface area contributed by atoms with Crippen LogP contribution in [0.15, 0.2) is 41.6 Å². The zero-order valence-electron chi connectivity index (χ0n) is 15.3. The molecule has 0 aliphatic heterocycles. The van der Waals surface area contributed by atoms with E-state index in [2.05, 4.69) is 27.0 Å². The Bertz CT molecular complexity index is 815. The van der Waals surface area contributed by atoms with Gasteiger partial charge in [-0.1, -0.05) is 49.6 Å². The highest BCUT2D eigenvalue weighted by Crippen LogP contribution is 2.21. The van der Waals surface area contributed by atoms with E-state index in [1.54, 1.807) is 10.9 Å². The zero-order valence-corrected chi connectivity index (χ0v) is 16.1. The van der Waals surface area contributed by atoms with Crippen LogP contribution in [-0.2, 0) is 6.54 Å². The molecule has 0 radical (unpaired) electrons. The first-order valence-electron chi connectivity index (χ1n) is 9.35. The molecule has 1 aliphatic carbocycles. The average Bonchev–Trinajstić information content (AvgIpc) is 3.11. The third-order valence-corrected chi connectivity index (χ3v) is 4.81. The molecule has 1 heterocycles. The van der Waals surface area contributed by atoms with Crippen molar-refractivity contribution in [2.45, 2.75) is 51.1 Å². The molecule has 1 aromatic heterocycles. The molecule has 140 valence electrons. The standard InChI is InChI=1S/C20H24N6S/c21-12-7-13-26-15-17(19(25-26)16-8-3-1-4-9-16)14-22-24-20(27)23-18-10-5-2-6-11-18/h1,3-4,8-9,14-15,18H,2,5-7,10-11,13H2,(H2,23,24,27)/b22-14-. The van der Waals surface area contributed by atoms with E-state index in [1.165, 1.54) is 19.3 Å². The van der Waals surface area contributed by atoms with E-state index in [4.69, 9.17) is 17.5 Å². The van der Waals surface area contributed by atoms with Crippen molar-refractivity contribution in [1.29, 1.82) is 5.26 Å². The quantitative estimate of drug-likeness (QED) is 0.455. The van der Waals surface area contributed by atoms with Crippen LogP contribution >= 0.6 is 12.2 Å². The largest absolute Gasteiger partial charge is 0.359 e. The number of benzene rings is 1. The lowest BCUT2D eigenvalue weighted by Crippen LogP contribution is -2.40. The fraction of sp³-hybridized carbons (Fsp3) is 0.400. The van der Waals surface area contributed by atoms with E-state index in [9.17, 15) is 0 Å². The van der Waals surface area contributed by atoms with Crippen LogP contribution < -0.4 is 10.7 Å². The molecular formula is C20H24N6S. The molecule has 1 aromatic carbocycles. The van der Waals surface area contributed by atoms with Gasteiger partial charge in [0.15, 0.2) is 5.11 Å². The van der Waals surface area contributed by atoms with Crippen molar-refractivity contribution in [2.24, 2.45) is 5.10 Å². The summed E-state index contributed by atoms with van der Waals surface area (Å²) in [5, 5.41) is 21.6. The third kappa shape index (κ3) is 5.63. The Morgan fingerprint density at radius 2 is 2.07 bits per heavy atom. The number of hydrogen-bond donors (Lipinski definition) is 2. The fourth-order valence-corrected chi connectivity index (χ4v) is 3.48. The van der Waals surface area contributed by atoms with Crippen LogP contribution in [0, 0.1) is 11.3 Å². The third-order valence-electron chi connectivity index (χ3n) is 4.60. The second-order valence-corrected chi connectivity index (χ2v) is 7.06. The number of rotatable bonds is 6. The summed E-state index contributed by atoms with van der Waals surface area (Å²) in [6.45, 7) is 0.555. The molecule has 0 bridgehead atoms. The van der Waals surface area contributed by atoms with Crippen LogP contribution in [0.25, 0.3) is 11.3 Å². The molecule has 6 nitrogen and oxygen atoms in total. The molecule has 3 rings (SSSR count). The van der Waals surface area contributed by atoms with Gasteiger partial charge in [0.25, 0.3) is 0 Å². The smallest absolute Gasteiger partial charge is 0.187 e. The SMILES string of the molecule is N#CCCn1cc(/C=N\NC(=S)NC2CCCCC2)c(-c2ccccc2)n1. The monoisotopic (exact) mass is 380 g/mol. The van der Waals surface area contributed by atoms with Crippen molar-refractivity contribution in [3.63, 3.8) is 0 Å². The topological polar surface area (TPSA) is 78.0 Å². The Labute approximate surface area is 165 Å². The maximum absolute atomic E-state index is 8.81. The zero-order chi connectivity index (χ0) is 18.9. The second kappa shape index (κ2) is 9.83. The van der Waals surface area contributed by atoms with Crippen LogP contribution in [0.4, 0.5) is 0 Å². The van der Waals surface area contributed by atoms with Crippen LogP contribution in [0.5, 0.6) is 0 Å². The molecule has 1 saturated carbocycles. The minimum absolute atomic E-state index is 0.417. The van der Waals surface area contributed by atoms with Gasteiger partial charge >= 0.3 is 0 Å². The molecule has 2 N–H and O–H groups in total. The molecule has 0 saturated heterocycles. The summed E-state index contributed by atoms with van der Waals surface area (Å²) in [6, 6.07) is 12.5. The molecule has 7 heteroatoms. The summed E-state index contributed by atoms with van der Waals surface area (Å²) in [5.41, 5.74) is 5.64. The van der Waals surface area contributed by atoms with Gasteiger partial charge in [-0.3, -0.25) is 10.1 Å². The normalized spacial score (nSPS) is 14.8. The predicted octanol–water partition coefficient (Wildman–Crippen LogP) is 3.59. The van der Waals surface area contributed by atoms with Crippen LogP contribution in [-0.4, -0.2) is 27.1 Å². The molecule has 1 aliphatic rings. The van der Waals surface area contributed by atoms with Crippen molar-refractivity contribution in [3.8, 4) is 17.3 Å². The van der Waals surface area contributed by atoms with Gasteiger partial charge in [-0.25, -0.2) is 0 Å². The predicted molar refractivity (Wildman–Crippen MR) is 111 cm³/mol. The van der Waals surface area contributed by atoms with Crippen molar-refractivity contribution in [1.82, 2.24) is 20.5 Å². The first kappa shape index (κ1) is 19.1. The summed E-state index contributed by atoms with van der Waals surface area (Å²) in [6.07, 6.45) is 10.2. The van der Waals surface area contributed by atoms with Gasteiger partial charge in [0.05, 0.1) is 25.2 Å². The average molecular weight is 381 g/mol. The van der Waals surface area contributed by atoms with Crippen LogP contribution in [0.2, 0.25) is 0 Å². The van der Waals surface area contributed by atoms with Gasteiger partial charge in [-0.2, -0.15) is 15.5 Å². The Morgan fingerprint density at radius 3 is 2.81 bits per heavy atom. The van der Waals surface area contributed by atoms with E-state index in [-0.39, 0.29) is 0 Å². The van der Waals surface area contributed by atoms with E-state index in [1.807, 2.05) is 36.5 Å². The molecule has 1 fully saturated rings. The number of aryl methyl sites for hydroxylation is 1. The number of nitrogens with zero attached hydrogens (tertiary/aromatic N) is 4. The molecule has 2 aromatic rings. The van der Waals surface area contributed by atoms with Gasteiger partial charge in [0.1, 0.15) is 5.69 Å². The Balaban J connectivity index is 1.67. The molecule has 0 spiro atoms. The summed E-state index contributed by atoms with van der Waals surface area (Å²) in [4.78, 5) is 0. The fourth-order valence-electron chi connectivity index (χ4n) is 3.26. The first-order chi connectivity index (χ1) is 13.3. The highest BCUT2D eigenvalue weighted by Gasteiger charge is 2.14.